The predicted molar refractivity (Wildman–Crippen MR) is 79.5 cm³/mol. The monoisotopic (exact) mass is 276 g/mol. The van der Waals surface area contributed by atoms with E-state index in [1.807, 2.05) is 6.92 Å². The zero-order valence-electron chi connectivity index (χ0n) is 12.4. The van der Waals surface area contributed by atoms with Crippen molar-refractivity contribution in [1.29, 1.82) is 0 Å². The third-order valence-corrected chi connectivity index (χ3v) is 4.02. The number of nitrogens with one attached hydrogen (secondary N) is 2. The van der Waals surface area contributed by atoms with Crippen molar-refractivity contribution in [2.45, 2.75) is 45.4 Å². The van der Waals surface area contributed by atoms with Crippen LogP contribution in [0, 0.1) is 0 Å². The van der Waals surface area contributed by atoms with Crippen LogP contribution in [0.4, 0.5) is 0 Å². The van der Waals surface area contributed by atoms with Gasteiger partial charge >= 0.3 is 0 Å². The molecule has 1 aromatic carbocycles. The van der Waals surface area contributed by atoms with E-state index < -0.39 is 0 Å². The SMILES string of the molecule is CCOc1cc2c(cc1CNC1CCNC1)OC(C)C2. The minimum Gasteiger partial charge on any atom is -0.494 e. The Morgan fingerprint density at radius 1 is 1.45 bits per heavy atom. The zero-order valence-corrected chi connectivity index (χ0v) is 12.4. The molecule has 0 radical (unpaired) electrons. The maximum Gasteiger partial charge on any atom is 0.124 e. The van der Waals surface area contributed by atoms with E-state index in [9.17, 15) is 0 Å². The van der Waals surface area contributed by atoms with Crippen molar-refractivity contribution >= 4 is 0 Å². The molecular formula is C16H24N2O2. The highest BCUT2D eigenvalue weighted by Crippen LogP contribution is 2.35. The summed E-state index contributed by atoms with van der Waals surface area (Å²) in [5.74, 6) is 2.03. The highest BCUT2D eigenvalue weighted by molar-refractivity contribution is 5.48. The van der Waals surface area contributed by atoms with E-state index in [1.54, 1.807) is 0 Å². The van der Waals surface area contributed by atoms with Gasteiger partial charge in [-0.1, -0.05) is 0 Å². The molecule has 0 saturated carbocycles. The van der Waals surface area contributed by atoms with E-state index in [0.29, 0.717) is 12.6 Å². The van der Waals surface area contributed by atoms with E-state index in [4.69, 9.17) is 9.47 Å². The molecular weight excluding hydrogens is 252 g/mol. The molecule has 1 aromatic rings. The molecule has 0 bridgehead atoms. The van der Waals surface area contributed by atoms with Crippen LogP contribution in [0.2, 0.25) is 0 Å². The van der Waals surface area contributed by atoms with Gasteiger partial charge in [-0.05, 0) is 38.9 Å². The Balaban J connectivity index is 1.75. The van der Waals surface area contributed by atoms with Gasteiger partial charge in [0.05, 0.1) is 6.61 Å². The molecule has 0 aliphatic carbocycles. The molecule has 2 aliphatic heterocycles. The maximum absolute atomic E-state index is 5.86. The summed E-state index contributed by atoms with van der Waals surface area (Å²) in [5.41, 5.74) is 2.47. The third-order valence-electron chi connectivity index (χ3n) is 4.02. The second kappa shape index (κ2) is 6.02. The molecule has 2 atom stereocenters. The van der Waals surface area contributed by atoms with Crippen molar-refractivity contribution in [2.75, 3.05) is 19.7 Å². The molecule has 1 saturated heterocycles. The Morgan fingerprint density at radius 3 is 3.10 bits per heavy atom. The van der Waals surface area contributed by atoms with Crippen LogP contribution in [-0.2, 0) is 13.0 Å². The molecule has 0 aromatic heterocycles. The van der Waals surface area contributed by atoms with Crippen LogP contribution in [0.15, 0.2) is 12.1 Å². The van der Waals surface area contributed by atoms with Gasteiger partial charge in [0.1, 0.15) is 17.6 Å². The number of rotatable bonds is 5. The lowest BCUT2D eigenvalue weighted by molar-refractivity contribution is 0.254. The van der Waals surface area contributed by atoms with Gasteiger partial charge in [-0.15, -0.1) is 0 Å². The Kier molecular flexibility index (Phi) is 4.13. The van der Waals surface area contributed by atoms with Crippen LogP contribution in [0.25, 0.3) is 0 Å². The Morgan fingerprint density at radius 2 is 2.35 bits per heavy atom. The standard InChI is InChI=1S/C16H24N2O2/c1-3-19-15-7-12-6-11(2)20-16(12)8-13(15)9-18-14-4-5-17-10-14/h7-8,11,14,17-18H,3-6,9-10H2,1-2H3. The van der Waals surface area contributed by atoms with E-state index in [0.717, 1.165) is 37.6 Å². The molecule has 0 amide bonds. The van der Waals surface area contributed by atoms with Crippen molar-refractivity contribution in [2.24, 2.45) is 0 Å². The largest absolute Gasteiger partial charge is 0.494 e. The Bertz CT molecular complexity index is 470. The van der Waals surface area contributed by atoms with Gasteiger partial charge in [0.2, 0.25) is 0 Å². The van der Waals surface area contributed by atoms with Gasteiger partial charge in [-0.3, -0.25) is 0 Å². The smallest absolute Gasteiger partial charge is 0.124 e. The van der Waals surface area contributed by atoms with E-state index in [1.165, 1.54) is 17.5 Å². The van der Waals surface area contributed by atoms with Gasteiger partial charge in [0.25, 0.3) is 0 Å². The molecule has 0 spiro atoms. The Hall–Kier alpha value is -1.26. The van der Waals surface area contributed by atoms with Crippen LogP contribution >= 0.6 is 0 Å². The summed E-state index contributed by atoms with van der Waals surface area (Å²) >= 11 is 0. The number of hydrogen-bond acceptors (Lipinski definition) is 4. The third kappa shape index (κ3) is 2.91. The molecule has 3 rings (SSSR count). The minimum absolute atomic E-state index is 0.279. The summed E-state index contributed by atoms with van der Waals surface area (Å²) in [7, 11) is 0. The first-order chi connectivity index (χ1) is 9.76. The highest BCUT2D eigenvalue weighted by Gasteiger charge is 2.22. The zero-order chi connectivity index (χ0) is 13.9. The van der Waals surface area contributed by atoms with E-state index >= 15 is 0 Å². The van der Waals surface area contributed by atoms with Gasteiger partial charge in [-0.25, -0.2) is 0 Å². The molecule has 1 fully saturated rings. The summed E-state index contributed by atoms with van der Waals surface area (Å²) in [5, 5.41) is 6.98. The quantitative estimate of drug-likeness (QED) is 0.861. The Labute approximate surface area is 120 Å². The lowest BCUT2D eigenvalue weighted by Gasteiger charge is -2.16. The summed E-state index contributed by atoms with van der Waals surface area (Å²) in [6.45, 7) is 7.86. The van der Waals surface area contributed by atoms with Crippen LogP contribution in [0.1, 0.15) is 31.4 Å². The lowest BCUT2D eigenvalue weighted by atomic mass is 10.1. The van der Waals surface area contributed by atoms with E-state index in [2.05, 4.69) is 29.7 Å². The summed E-state index contributed by atoms with van der Waals surface area (Å²) < 4.78 is 11.7. The average Bonchev–Trinajstić information content (AvgIpc) is 3.04. The van der Waals surface area contributed by atoms with Gasteiger partial charge in [0, 0.05) is 36.7 Å². The van der Waals surface area contributed by atoms with Gasteiger partial charge in [-0.2, -0.15) is 0 Å². The molecule has 2 aliphatic rings. The second-order valence-electron chi connectivity index (χ2n) is 5.70. The van der Waals surface area contributed by atoms with Crippen molar-refractivity contribution in [1.82, 2.24) is 10.6 Å². The number of fused-ring (bicyclic) bond motifs is 1. The van der Waals surface area contributed by atoms with Crippen LogP contribution in [0.3, 0.4) is 0 Å². The maximum atomic E-state index is 5.86. The van der Waals surface area contributed by atoms with Crippen LogP contribution < -0.4 is 20.1 Å². The first-order valence-electron chi connectivity index (χ1n) is 7.65. The molecule has 2 heterocycles. The minimum atomic E-state index is 0.279. The molecule has 4 heteroatoms. The van der Waals surface area contributed by atoms with Crippen LogP contribution in [0.5, 0.6) is 11.5 Å². The fraction of sp³-hybridized carbons (Fsp3) is 0.625. The second-order valence-corrected chi connectivity index (χ2v) is 5.70. The molecule has 2 unspecified atom stereocenters. The molecule has 20 heavy (non-hydrogen) atoms. The van der Waals surface area contributed by atoms with Crippen molar-refractivity contribution in [3.63, 3.8) is 0 Å². The number of benzene rings is 1. The highest BCUT2D eigenvalue weighted by atomic mass is 16.5. The van der Waals surface area contributed by atoms with Crippen molar-refractivity contribution in [3.8, 4) is 11.5 Å². The normalized spacial score (nSPS) is 24.5. The molecule has 2 N–H and O–H groups in total. The average molecular weight is 276 g/mol. The molecule has 4 nitrogen and oxygen atoms in total. The van der Waals surface area contributed by atoms with Gasteiger partial charge in [0.15, 0.2) is 0 Å². The molecule has 110 valence electrons. The fourth-order valence-electron chi connectivity index (χ4n) is 2.99. The fourth-order valence-corrected chi connectivity index (χ4v) is 2.99. The summed E-state index contributed by atoms with van der Waals surface area (Å²) in [6, 6.07) is 4.88. The lowest BCUT2D eigenvalue weighted by Crippen LogP contribution is -2.30. The number of hydrogen-bond donors (Lipinski definition) is 2. The van der Waals surface area contributed by atoms with E-state index in [-0.39, 0.29) is 6.10 Å². The summed E-state index contributed by atoms with van der Waals surface area (Å²) in [6.07, 6.45) is 2.46. The number of ether oxygens (including phenoxy) is 2. The van der Waals surface area contributed by atoms with Gasteiger partial charge < -0.3 is 20.1 Å². The van der Waals surface area contributed by atoms with Crippen LogP contribution in [-0.4, -0.2) is 31.8 Å². The van der Waals surface area contributed by atoms with Crippen molar-refractivity contribution in [3.05, 3.63) is 23.3 Å². The predicted octanol–water partition coefficient (Wildman–Crippen LogP) is 1.86. The summed E-state index contributed by atoms with van der Waals surface area (Å²) in [4.78, 5) is 0. The first kappa shape index (κ1) is 13.7. The topological polar surface area (TPSA) is 42.5 Å². The van der Waals surface area contributed by atoms with Crippen molar-refractivity contribution < 1.29 is 9.47 Å². The first-order valence-corrected chi connectivity index (χ1v) is 7.65.